The second-order valence-corrected chi connectivity index (χ2v) is 8.38. The molecule has 4 heteroatoms. The Balaban J connectivity index is 1.83. The van der Waals surface area contributed by atoms with Crippen LogP contribution in [-0.4, -0.2) is 33.0 Å². The number of hydrogen-bond acceptors (Lipinski definition) is 3. The van der Waals surface area contributed by atoms with Crippen molar-refractivity contribution in [1.29, 1.82) is 0 Å². The van der Waals surface area contributed by atoms with E-state index in [2.05, 4.69) is 33.6 Å². The van der Waals surface area contributed by atoms with Crippen LogP contribution in [0.4, 0.5) is 0 Å². The first-order chi connectivity index (χ1) is 9.36. The van der Waals surface area contributed by atoms with Crippen molar-refractivity contribution in [2.45, 2.75) is 39.0 Å². The highest BCUT2D eigenvalue weighted by Crippen LogP contribution is 2.23. The first-order valence-electron chi connectivity index (χ1n) is 7.10. The van der Waals surface area contributed by atoms with Crippen molar-refractivity contribution in [1.82, 2.24) is 4.90 Å². The van der Waals surface area contributed by atoms with Gasteiger partial charge in [-0.3, -0.25) is 4.90 Å². The van der Waals surface area contributed by atoms with Crippen LogP contribution in [0.5, 0.6) is 0 Å². The molecule has 1 saturated heterocycles. The first kappa shape index (κ1) is 15.5. The van der Waals surface area contributed by atoms with Gasteiger partial charge in [0.2, 0.25) is 0 Å². The smallest absolute Gasteiger partial charge is 0.144 e. The van der Waals surface area contributed by atoms with Crippen LogP contribution in [-0.2, 0) is 17.9 Å². The lowest BCUT2D eigenvalue weighted by Gasteiger charge is -2.39. The Morgan fingerprint density at radius 2 is 1.90 bits per heavy atom. The predicted molar refractivity (Wildman–Crippen MR) is 86.2 cm³/mol. The summed E-state index contributed by atoms with van der Waals surface area (Å²) in [5.74, 6) is 0.463. The third-order valence-electron chi connectivity index (χ3n) is 3.55. The molecule has 1 aliphatic heterocycles. The molecule has 0 amide bonds. The molecule has 0 radical (unpaired) electrons. The first-order valence-corrected chi connectivity index (χ1v) is 8.20. The van der Waals surface area contributed by atoms with Gasteiger partial charge in [-0.05, 0) is 33.3 Å². The summed E-state index contributed by atoms with van der Waals surface area (Å²) in [6, 6.07) is 10.5. The molecule has 0 spiro atoms. The van der Waals surface area contributed by atoms with Gasteiger partial charge in [-0.1, -0.05) is 34.7 Å². The maximum Gasteiger partial charge on any atom is 0.144 e. The molecule has 20 heavy (non-hydrogen) atoms. The highest BCUT2D eigenvalue weighted by molar-refractivity contribution is 7.91. The fraction of sp³-hybridized carbons (Fsp3) is 0.562. The maximum atomic E-state index is 12.0. The molecule has 1 aliphatic rings. The van der Waals surface area contributed by atoms with Crippen LogP contribution in [0.15, 0.2) is 34.7 Å². The SMILES string of the molecule is C/C(=N\[S+]([O-])C(C)(C)C)C1CN(Cc2ccccc2)C1. The third-order valence-corrected chi connectivity index (χ3v) is 5.05. The Morgan fingerprint density at radius 1 is 1.30 bits per heavy atom. The molecule has 0 saturated carbocycles. The molecule has 1 aromatic carbocycles. The molecule has 3 nitrogen and oxygen atoms in total. The van der Waals surface area contributed by atoms with Crippen LogP contribution in [0.2, 0.25) is 0 Å². The Morgan fingerprint density at radius 3 is 2.45 bits per heavy atom. The van der Waals surface area contributed by atoms with E-state index in [0.29, 0.717) is 5.92 Å². The summed E-state index contributed by atoms with van der Waals surface area (Å²) in [7, 11) is 0. The van der Waals surface area contributed by atoms with Crippen LogP contribution in [0, 0.1) is 5.92 Å². The lowest BCUT2D eigenvalue weighted by atomic mass is 9.95. The minimum absolute atomic E-state index is 0.269. The molecule has 0 bridgehead atoms. The van der Waals surface area contributed by atoms with E-state index in [9.17, 15) is 4.55 Å². The van der Waals surface area contributed by atoms with Crippen molar-refractivity contribution in [2.75, 3.05) is 13.1 Å². The lowest BCUT2D eigenvalue weighted by Crippen LogP contribution is -2.49. The van der Waals surface area contributed by atoms with Gasteiger partial charge in [0, 0.05) is 25.6 Å². The molecule has 0 aliphatic carbocycles. The molecule has 110 valence electrons. The van der Waals surface area contributed by atoms with E-state index in [0.717, 1.165) is 25.3 Å². The highest BCUT2D eigenvalue weighted by atomic mass is 32.2. The molecule has 1 unspecified atom stereocenters. The minimum atomic E-state index is -1.14. The van der Waals surface area contributed by atoms with Gasteiger partial charge in [-0.15, -0.1) is 0 Å². The Labute approximate surface area is 125 Å². The van der Waals surface area contributed by atoms with Gasteiger partial charge in [0.15, 0.2) is 0 Å². The van der Waals surface area contributed by atoms with Crippen LogP contribution >= 0.6 is 0 Å². The number of nitrogens with zero attached hydrogens (tertiary/aromatic N) is 2. The zero-order chi connectivity index (χ0) is 14.8. The van der Waals surface area contributed by atoms with Crippen LogP contribution in [0.3, 0.4) is 0 Å². The summed E-state index contributed by atoms with van der Waals surface area (Å²) in [6.45, 7) is 10.9. The Kier molecular flexibility index (Phi) is 4.89. The Hall–Kier alpha value is -0.840. The standard InChI is InChI=1S/C16H24N2OS/c1-13(17-20(19)16(2,3)4)15-11-18(12-15)10-14-8-6-5-7-9-14/h5-9,15H,10-12H2,1-4H3/b17-13+. The van der Waals surface area contributed by atoms with E-state index in [1.165, 1.54) is 5.56 Å². The zero-order valence-corrected chi connectivity index (χ0v) is 13.6. The Bertz CT molecular complexity index is 461. The minimum Gasteiger partial charge on any atom is -0.591 e. The predicted octanol–water partition coefficient (Wildman–Crippen LogP) is 3.04. The summed E-state index contributed by atoms with van der Waals surface area (Å²) in [5, 5.41) is 0. The fourth-order valence-corrected chi connectivity index (χ4v) is 2.83. The number of likely N-dealkylation sites (tertiary alicyclic amines) is 1. The average Bonchev–Trinajstić information content (AvgIpc) is 2.33. The third kappa shape index (κ3) is 4.08. The molecule has 0 N–H and O–H groups in total. The van der Waals surface area contributed by atoms with E-state index >= 15 is 0 Å². The van der Waals surface area contributed by atoms with Crippen molar-refractivity contribution in [3.8, 4) is 0 Å². The van der Waals surface area contributed by atoms with E-state index in [4.69, 9.17) is 0 Å². The molecule has 1 aromatic rings. The second kappa shape index (κ2) is 6.29. The summed E-state index contributed by atoms with van der Waals surface area (Å²) in [4.78, 5) is 2.40. The fourth-order valence-electron chi connectivity index (χ4n) is 2.15. The number of rotatable bonds is 4. The zero-order valence-electron chi connectivity index (χ0n) is 12.8. The van der Waals surface area contributed by atoms with Crippen LogP contribution < -0.4 is 0 Å². The quantitative estimate of drug-likeness (QED) is 0.632. The largest absolute Gasteiger partial charge is 0.591 e. The van der Waals surface area contributed by atoms with Crippen molar-refractivity contribution < 1.29 is 4.55 Å². The van der Waals surface area contributed by atoms with Crippen molar-refractivity contribution in [3.05, 3.63) is 35.9 Å². The van der Waals surface area contributed by atoms with E-state index in [1.807, 2.05) is 33.8 Å². The van der Waals surface area contributed by atoms with Gasteiger partial charge in [-0.2, -0.15) is 0 Å². The maximum absolute atomic E-state index is 12.0. The van der Waals surface area contributed by atoms with Gasteiger partial charge >= 0.3 is 0 Å². The van der Waals surface area contributed by atoms with E-state index < -0.39 is 11.4 Å². The molecule has 0 aromatic heterocycles. The molecule has 1 heterocycles. The summed E-state index contributed by atoms with van der Waals surface area (Å²) in [5.41, 5.74) is 2.38. The van der Waals surface area contributed by atoms with Crippen molar-refractivity contribution in [3.63, 3.8) is 0 Å². The molecule has 2 rings (SSSR count). The monoisotopic (exact) mass is 292 g/mol. The summed E-state index contributed by atoms with van der Waals surface area (Å²) < 4.78 is 16.1. The van der Waals surface area contributed by atoms with Gasteiger partial charge < -0.3 is 4.55 Å². The van der Waals surface area contributed by atoms with Crippen LogP contribution in [0.25, 0.3) is 0 Å². The molecule has 1 fully saturated rings. The number of benzene rings is 1. The summed E-state index contributed by atoms with van der Waals surface area (Å²) >= 11 is -1.14. The molecular formula is C16H24N2OS. The van der Waals surface area contributed by atoms with Crippen molar-refractivity contribution >= 4 is 17.1 Å². The van der Waals surface area contributed by atoms with Crippen LogP contribution in [0.1, 0.15) is 33.3 Å². The van der Waals surface area contributed by atoms with E-state index in [1.54, 1.807) is 0 Å². The molecular weight excluding hydrogens is 268 g/mol. The normalized spacial score (nSPS) is 19.8. The van der Waals surface area contributed by atoms with Gasteiger partial charge in [0.05, 0.1) is 5.71 Å². The van der Waals surface area contributed by atoms with E-state index in [-0.39, 0.29) is 4.75 Å². The second-order valence-electron chi connectivity index (χ2n) is 6.47. The lowest BCUT2D eigenvalue weighted by molar-refractivity contribution is 0.133. The number of hydrogen-bond donors (Lipinski definition) is 0. The molecule has 1 atom stereocenters. The van der Waals surface area contributed by atoms with Gasteiger partial charge in [-0.25, -0.2) is 0 Å². The topological polar surface area (TPSA) is 38.7 Å². The highest BCUT2D eigenvalue weighted by Gasteiger charge is 2.32. The summed E-state index contributed by atoms with van der Waals surface area (Å²) in [6.07, 6.45) is 0. The van der Waals surface area contributed by atoms with Crippen molar-refractivity contribution in [2.24, 2.45) is 10.3 Å². The average molecular weight is 292 g/mol. The van der Waals surface area contributed by atoms with Gasteiger partial charge in [0.25, 0.3) is 0 Å². The van der Waals surface area contributed by atoms with Gasteiger partial charge in [0.1, 0.15) is 16.1 Å².